The standard InChI is InChI=1S/C23H28FN3O4S/c1-14-11-15(2)22(16(3)12-14)32(30,31)27-9-7-18(8-10-27)23(29)26-21-13-19(25-17(4)28)5-6-20(21)24/h5-6,11-13,18H,7-10H2,1-4H3,(H,25,28)(H,26,29). The second-order valence-corrected chi connectivity index (χ2v) is 10.1. The number of benzene rings is 2. The van der Waals surface area contributed by atoms with Crippen molar-refractivity contribution in [3.05, 3.63) is 52.8 Å². The molecule has 172 valence electrons. The Kier molecular flexibility index (Phi) is 7.00. The average molecular weight is 462 g/mol. The highest BCUT2D eigenvalue weighted by atomic mass is 32.2. The molecule has 0 spiro atoms. The van der Waals surface area contributed by atoms with Crippen LogP contribution in [0.25, 0.3) is 0 Å². The van der Waals surface area contributed by atoms with Crippen LogP contribution in [0, 0.1) is 32.5 Å². The largest absolute Gasteiger partial charge is 0.326 e. The maximum Gasteiger partial charge on any atom is 0.243 e. The molecule has 9 heteroatoms. The van der Waals surface area contributed by atoms with E-state index in [1.54, 1.807) is 13.8 Å². The SMILES string of the molecule is CC(=O)Nc1ccc(F)c(NC(=O)C2CCN(S(=O)(=O)c3c(C)cc(C)cc3C)CC2)c1. The van der Waals surface area contributed by atoms with Gasteiger partial charge < -0.3 is 10.6 Å². The van der Waals surface area contributed by atoms with Crippen LogP contribution in [0.4, 0.5) is 15.8 Å². The predicted molar refractivity (Wildman–Crippen MR) is 121 cm³/mol. The summed E-state index contributed by atoms with van der Waals surface area (Å²) < 4.78 is 42.0. The van der Waals surface area contributed by atoms with E-state index in [1.165, 1.54) is 29.4 Å². The molecule has 1 saturated heterocycles. The Morgan fingerprint density at radius 2 is 1.59 bits per heavy atom. The van der Waals surface area contributed by atoms with Crippen molar-refractivity contribution in [3.8, 4) is 0 Å². The van der Waals surface area contributed by atoms with Crippen molar-refractivity contribution in [1.29, 1.82) is 0 Å². The maximum atomic E-state index is 14.1. The van der Waals surface area contributed by atoms with Crippen LogP contribution in [0.3, 0.4) is 0 Å². The third kappa shape index (κ3) is 5.16. The topological polar surface area (TPSA) is 95.6 Å². The molecular weight excluding hydrogens is 433 g/mol. The van der Waals surface area contributed by atoms with Gasteiger partial charge in [0, 0.05) is 31.6 Å². The van der Waals surface area contributed by atoms with Gasteiger partial charge in [0.2, 0.25) is 21.8 Å². The van der Waals surface area contributed by atoms with Crippen molar-refractivity contribution in [2.75, 3.05) is 23.7 Å². The number of anilines is 2. The minimum Gasteiger partial charge on any atom is -0.326 e. The second kappa shape index (κ2) is 9.38. The van der Waals surface area contributed by atoms with Crippen LogP contribution in [0.15, 0.2) is 35.2 Å². The number of sulfonamides is 1. The molecule has 1 aliphatic rings. The van der Waals surface area contributed by atoms with E-state index in [0.29, 0.717) is 34.6 Å². The van der Waals surface area contributed by atoms with Gasteiger partial charge in [-0.15, -0.1) is 0 Å². The molecule has 0 aromatic heterocycles. The first-order chi connectivity index (χ1) is 15.0. The fourth-order valence-corrected chi connectivity index (χ4v) is 6.08. The lowest BCUT2D eigenvalue weighted by atomic mass is 9.97. The van der Waals surface area contributed by atoms with Crippen LogP contribution < -0.4 is 10.6 Å². The smallest absolute Gasteiger partial charge is 0.243 e. The summed E-state index contributed by atoms with van der Waals surface area (Å²) in [6.07, 6.45) is 0.671. The number of nitrogens with zero attached hydrogens (tertiary/aromatic N) is 1. The molecule has 2 aromatic carbocycles. The number of nitrogens with one attached hydrogen (secondary N) is 2. The normalized spacial score (nSPS) is 15.4. The van der Waals surface area contributed by atoms with E-state index in [4.69, 9.17) is 0 Å². The number of hydrogen-bond acceptors (Lipinski definition) is 4. The molecule has 0 saturated carbocycles. The first kappa shape index (κ1) is 23.9. The zero-order chi connectivity index (χ0) is 23.6. The maximum absolute atomic E-state index is 14.1. The monoisotopic (exact) mass is 461 g/mol. The van der Waals surface area contributed by atoms with Crippen molar-refractivity contribution in [2.45, 2.75) is 45.4 Å². The molecule has 2 aromatic rings. The highest BCUT2D eigenvalue weighted by Gasteiger charge is 2.34. The van der Waals surface area contributed by atoms with Gasteiger partial charge in [0.1, 0.15) is 5.82 Å². The molecule has 0 atom stereocenters. The number of hydrogen-bond donors (Lipinski definition) is 2. The van der Waals surface area contributed by atoms with Gasteiger partial charge in [-0.1, -0.05) is 17.7 Å². The van der Waals surface area contributed by atoms with E-state index < -0.39 is 21.8 Å². The number of halogens is 1. The van der Waals surface area contributed by atoms with Crippen molar-refractivity contribution in [3.63, 3.8) is 0 Å². The van der Waals surface area contributed by atoms with E-state index in [-0.39, 0.29) is 30.6 Å². The predicted octanol–water partition coefficient (Wildman–Crippen LogP) is 3.75. The Balaban J connectivity index is 1.68. The van der Waals surface area contributed by atoms with Gasteiger partial charge in [-0.05, 0) is 62.9 Å². The number of carbonyl (C=O) groups excluding carboxylic acids is 2. The van der Waals surface area contributed by atoms with Gasteiger partial charge in [0.15, 0.2) is 0 Å². The molecular formula is C23H28FN3O4S. The minimum absolute atomic E-state index is 0.0257. The molecule has 0 radical (unpaired) electrons. The molecule has 2 amide bonds. The van der Waals surface area contributed by atoms with E-state index in [9.17, 15) is 22.4 Å². The summed E-state index contributed by atoms with van der Waals surface area (Å²) in [5, 5.41) is 5.12. The van der Waals surface area contributed by atoms with Crippen LogP contribution in [-0.2, 0) is 19.6 Å². The third-order valence-electron chi connectivity index (χ3n) is 5.57. The summed E-state index contributed by atoms with van der Waals surface area (Å²) >= 11 is 0. The lowest BCUT2D eigenvalue weighted by Crippen LogP contribution is -2.41. The molecule has 1 fully saturated rings. The first-order valence-electron chi connectivity index (χ1n) is 10.4. The average Bonchev–Trinajstić information content (AvgIpc) is 2.69. The molecule has 3 rings (SSSR count). The Labute approximate surface area is 188 Å². The number of aryl methyl sites for hydroxylation is 3. The molecule has 2 N–H and O–H groups in total. The molecule has 0 aliphatic carbocycles. The van der Waals surface area contributed by atoms with E-state index >= 15 is 0 Å². The fourth-order valence-electron chi connectivity index (χ4n) is 4.20. The van der Waals surface area contributed by atoms with Crippen molar-refractivity contribution in [2.24, 2.45) is 5.92 Å². The number of carbonyl (C=O) groups is 2. The van der Waals surface area contributed by atoms with Crippen molar-refractivity contribution < 1.29 is 22.4 Å². The lowest BCUT2D eigenvalue weighted by Gasteiger charge is -2.31. The van der Waals surface area contributed by atoms with Crippen LogP contribution >= 0.6 is 0 Å². The summed E-state index contributed by atoms with van der Waals surface area (Å²) in [6.45, 7) is 7.26. The van der Waals surface area contributed by atoms with E-state index in [2.05, 4.69) is 10.6 Å². The number of rotatable bonds is 5. The molecule has 32 heavy (non-hydrogen) atoms. The zero-order valence-electron chi connectivity index (χ0n) is 18.7. The minimum atomic E-state index is -3.67. The van der Waals surface area contributed by atoms with E-state index in [0.717, 1.165) is 5.56 Å². The van der Waals surface area contributed by atoms with Gasteiger partial charge in [0.25, 0.3) is 0 Å². The van der Waals surface area contributed by atoms with Crippen LogP contribution in [0.5, 0.6) is 0 Å². The van der Waals surface area contributed by atoms with Crippen molar-refractivity contribution in [1.82, 2.24) is 4.31 Å². The highest BCUT2D eigenvalue weighted by Crippen LogP contribution is 2.29. The van der Waals surface area contributed by atoms with Gasteiger partial charge in [-0.3, -0.25) is 9.59 Å². The van der Waals surface area contributed by atoms with Gasteiger partial charge >= 0.3 is 0 Å². The highest BCUT2D eigenvalue weighted by molar-refractivity contribution is 7.89. The van der Waals surface area contributed by atoms with Crippen LogP contribution in [0.2, 0.25) is 0 Å². The first-order valence-corrected chi connectivity index (χ1v) is 11.9. The van der Waals surface area contributed by atoms with Crippen LogP contribution in [0.1, 0.15) is 36.5 Å². The molecule has 0 unspecified atom stereocenters. The Bertz CT molecular complexity index is 1130. The quantitative estimate of drug-likeness (QED) is 0.709. The summed E-state index contributed by atoms with van der Waals surface area (Å²) in [5.41, 5.74) is 2.76. The number of piperidine rings is 1. The number of amides is 2. The van der Waals surface area contributed by atoms with Crippen LogP contribution in [-0.4, -0.2) is 37.6 Å². The Hall–Kier alpha value is -2.78. The molecule has 1 aliphatic heterocycles. The van der Waals surface area contributed by atoms with Gasteiger partial charge in [0.05, 0.1) is 10.6 Å². The summed E-state index contributed by atoms with van der Waals surface area (Å²) in [6, 6.07) is 7.64. The second-order valence-electron chi connectivity index (χ2n) is 8.27. The van der Waals surface area contributed by atoms with Crippen molar-refractivity contribution >= 4 is 33.2 Å². The zero-order valence-corrected chi connectivity index (χ0v) is 19.5. The lowest BCUT2D eigenvalue weighted by molar-refractivity contribution is -0.121. The van der Waals surface area contributed by atoms with E-state index in [1.807, 2.05) is 19.1 Å². The molecule has 0 bridgehead atoms. The Morgan fingerprint density at radius 1 is 1.00 bits per heavy atom. The van der Waals surface area contributed by atoms with Gasteiger partial charge in [-0.25, -0.2) is 12.8 Å². The molecule has 7 nitrogen and oxygen atoms in total. The summed E-state index contributed by atoms with van der Waals surface area (Å²) in [7, 11) is -3.67. The molecule has 1 heterocycles. The summed E-state index contributed by atoms with van der Waals surface area (Å²) in [4.78, 5) is 24.2. The Morgan fingerprint density at radius 3 is 2.16 bits per heavy atom. The van der Waals surface area contributed by atoms with Gasteiger partial charge in [-0.2, -0.15) is 4.31 Å². The third-order valence-corrected chi connectivity index (χ3v) is 7.78. The fraction of sp³-hybridized carbons (Fsp3) is 0.391. The summed E-state index contributed by atoms with van der Waals surface area (Å²) in [5.74, 6) is -1.73.